The normalized spacial score (nSPS) is 15.7. The predicted octanol–water partition coefficient (Wildman–Crippen LogP) is 2.32. The molecule has 0 aliphatic heterocycles. The molecule has 0 amide bonds. The van der Waals surface area contributed by atoms with Crippen LogP contribution in [-0.4, -0.2) is 29.1 Å². The highest BCUT2D eigenvalue weighted by Gasteiger charge is 2.27. The Morgan fingerprint density at radius 1 is 1.61 bits per heavy atom. The summed E-state index contributed by atoms with van der Waals surface area (Å²) in [4.78, 5) is 6.34. The van der Waals surface area contributed by atoms with E-state index < -0.39 is 0 Å². The number of rotatable bonds is 4. The number of guanidine groups is 1. The second-order valence-electron chi connectivity index (χ2n) is 4.89. The zero-order valence-corrected chi connectivity index (χ0v) is 13.4. The third-order valence-electron chi connectivity index (χ3n) is 3.02. The van der Waals surface area contributed by atoms with Crippen LogP contribution in [0.2, 0.25) is 0 Å². The minimum Gasteiger partial charge on any atom is -0.370 e. The number of aliphatic imine (C=N–C) groups is 1. The van der Waals surface area contributed by atoms with Crippen LogP contribution in [0.1, 0.15) is 44.1 Å². The number of hydrogen-bond donors (Lipinski definition) is 1. The van der Waals surface area contributed by atoms with Crippen LogP contribution in [0.4, 0.5) is 0 Å². The summed E-state index contributed by atoms with van der Waals surface area (Å²) < 4.78 is 5.20. The molecule has 1 aliphatic rings. The summed E-state index contributed by atoms with van der Waals surface area (Å²) in [6.45, 7) is 4.63. The summed E-state index contributed by atoms with van der Waals surface area (Å²) in [5, 5.41) is 3.99. The van der Waals surface area contributed by atoms with E-state index in [1.807, 2.05) is 18.0 Å². The van der Waals surface area contributed by atoms with Crippen LogP contribution < -0.4 is 5.73 Å². The number of aromatic nitrogens is 1. The van der Waals surface area contributed by atoms with Crippen LogP contribution in [0.5, 0.6) is 0 Å². The quantitative estimate of drug-likeness (QED) is 0.506. The van der Waals surface area contributed by atoms with E-state index in [0.717, 1.165) is 11.5 Å². The van der Waals surface area contributed by atoms with E-state index in [1.165, 1.54) is 12.8 Å². The van der Waals surface area contributed by atoms with E-state index in [2.05, 4.69) is 24.0 Å². The summed E-state index contributed by atoms with van der Waals surface area (Å²) in [7, 11) is 1.98. The van der Waals surface area contributed by atoms with Gasteiger partial charge in [0.15, 0.2) is 11.7 Å². The van der Waals surface area contributed by atoms with E-state index in [-0.39, 0.29) is 24.0 Å². The predicted molar refractivity (Wildman–Crippen MR) is 82.1 cm³/mol. The first-order chi connectivity index (χ1) is 8.08. The lowest BCUT2D eigenvalue weighted by atomic mass is 10.1. The van der Waals surface area contributed by atoms with E-state index in [0.29, 0.717) is 24.5 Å². The molecular formula is C12H21IN4O. The Morgan fingerprint density at radius 2 is 2.28 bits per heavy atom. The molecule has 0 saturated heterocycles. The maximum Gasteiger partial charge on any atom is 0.191 e. The Bertz CT molecular complexity index is 412. The van der Waals surface area contributed by atoms with Crippen LogP contribution in [0.3, 0.4) is 0 Å². The Kier molecular flexibility index (Phi) is 5.43. The molecule has 1 aromatic heterocycles. The van der Waals surface area contributed by atoms with Crippen molar-refractivity contribution in [3.8, 4) is 0 Å². The van der Waals surface area contributed by atoms with Crippen LogP contribution in [0.15, 0.2) is 15.6 Å². The highest BCUT2D eigenvalue weighted by molar-refractivity contribution is 14.0. The van der Waals surface area contributed by atoms with Gasteiger partial charge in [-0.1, -0.05) is 19.0 Å². The topological polar surface area (TPSA) is 67.7 Å². The molecule has 102 valence electrons. The van der Waals surface area contributed by atoms with Gasteiger partial charge in [-0.2, -0.15) is 0 Å². The SMILES string of the molecule is CC(C)c1cc(CN=C(N)N(C)C2CC2)on1.I. The van der Waals surface area contributed by atoms with Crippen molar-refractivity contribution >= 4 is 29.9 Å². The second-order valence-corrected chi connectivity index (χ2v) is 4.89. The Hall–Kier alpha value is -0.790. The van der Waals surface area contributed by atoms with Crippen molar-refractivity contribution in [2.24, 2.45) is 10.7 Å². The van der Waals surface area contributed by atoms with Crippen molar-refractivity contribution in [3.63, 3.8) is 0 Å². The molecule has 0 radical (unpaired) electrons. The molecule has 2 N–H and O–H groups in total. The van der Waals surface area contributed by atoms with Gasteiger partial charge in [-0.15, -0.1) is 24.0 Å². The lowest BCUT2D eigenvalue weighted by Gasteiger charge is -2.16. The van der Waals surface area contributed by atoms with Crippen molar-refractivity contribution in [1.29, 1.82) is 0 Å². The van der Waals surface area contributed by atoms with Crippen molar-refractivity contribution < 1.29 is 4.52 Å². The van der Waals surface area contributed by atoms with Gasteiger partial charge in [-0.05, 0) is 18.8 Å². The zero-order chi connectivity index (χ0) is 12.4. The molecule has 5 nitrogen and oxygen atoms in total. The minimum atomic E-state index is 0. The summed E-state index contributed by atoms with van der Waals surface area (Å²) in [5.41, 5.74) is 6.85. The highest BCUT2D eigenvalue weighted by atomic mass is 127. The van der Waals surface area contributed by atoms with Crippen LogP contribution >= 0.6 is 24.0 Å². The van der Waals surface area contributed by atoms with Crippen molar-refractivity contribution in [2.75, 3.05) is 7.05 Å². The fourth-order valence-electron chi connectivity index (χ4n) is 1.59. The lowest BCUT2D eigenvalue weighted by Crippen LogP contribution is -2.35. The van der Waals surface area contributed by atoms with Gasteiger partial charge in [0.1, 0.15) is 6.54 Å². The van der Waals surface area contributed by atoms with E-state index in [9.17, 15) is 0 Å². The Labute approximate surface area is 125 Å². The minimum absolute atomic E-state index is 0. The molecule has 0 bridgehead atoms. The fourth-order valence-corrected chi connectivity index (χ4v) is 1.59. The number of halogens is 1. The molecule has 1 aliphatic carbocycles. The van der Waals surface area contributed by atoms with Gasteiger partial charge in [-0.25, -0.2) is 4.99 Å². The standard InChI is InChI=1S/C12H20N4O.HI/c1-8(2)11-6-10(17-15-11)7-14-12(13)16(3)9-4-5-9;/h6,8-9H,4-5,7H2,1-3H3,(H2,13,14);1H. The third kappa shape index (κ3) is 3.86. The summed E-state index contributed by atoms with van der Waals surface area (Å²) in [6, 6.07) is 2.53. The van der Waals surface area contributed by atoms with Gasteiger partial charge >= 0.3 is 0 Å². The summed E-state index contributed by atoms with van der Waals surface area (Å²) in [6.07, 6.45) is 2.43. The van der Waals surface area contributed by atoms with Gasteiger partial charge in [0.05, 0.1) is 5.69 Å². The molecular weight excluding hydrogens is 343 g/mol. The van der Waals surface area contributed by atoms with Crippen molar-refractivity contribution in [3.05, 3.63) is 17.5 Å². The highest BCUT2D eigenvalue weighted by Crippen LogP contribution is 2.25. The number of nitrogens with zero attached hydrogens (tertiary/aromatic N) is 3. The first kappa shape index (κ1) is 15.3. The molecule has 0 spiro atoms. The molecule has 2 rings (SSSR count). The third-order valence-corrected chi connectivity index (χ3v) is 3.02. The average Bonchev–Trinajstić information content (AvgIpc) is 3.03. The molecule has 1 aromatic rings. The second kappa shape index (κ2) is 6.40. The maximum atomic E-state index is 5.89. The average molecular weight is 364 g/mol. The zero-order valence-electron chi connectivity index (χ0n) is 11.1. The fraction of sp³-hybridized carbons (Fsp3) is 0.667. The molecule has 6 heteroatoms. The van der Waals surface area contributed by atoms with Crippen LogP contribution in [0, 0.1) is 0 Å². The molecule has 0 aromatic carbocycles. The van der Waals surface area contributed by atoms with Gasteiger partial charge < -0.3 is 15.2 Å². The largest absolute Gasteiger partial charge is 0.370 e. The van der Waals surface area contributed by atoms with E-state index in [4.69, 9.17) is 10.3 Å². The molecule has 0 unspecified atom stereocenters. The monoisotopic (exact) mass is 364 g/mol. The Balaban J connectivity index is 0.00000162. The molecule has 1 fully saturated rings. The van der Waals surface area contributed by atoms with Gasteiger partial charge in [0, 0.05) is 19.2 Å². The van der Waals surface area contributed by atoms with Crippen molar-refractivity contribution in [1.82, 2.24) is 10.1 Å². The molecule has 1 saturated carbocycles. The first-order valence-corrected chi connectivity index (χ1v) is 6.06. The van der Waals surface area contributed by atoms with Gasteiger partial charge in [-0.3, -0.25) is 0 Å². The molecule has 18 heavy (non-hydrogen) atoms. The van der Waals surface area contributed by atoms with E-state index in [1.54, 1.807) is 0 Å². The number of nitrogens with two attached hydrogens (primary N) is 1. The van der Waals surface area contributed by atoms with Crippen LogP contribution in [-0.2, 0) is 6.54 Å². The summed E-state index contributed by atoms with van der Waals surface area (Å²) >= 11 is 0. The van der Waals surface area contributed by atoms with E-state index >= 15 is 0 Å². The van der Waals surface area contributed by atoms with Gasteiger partial charge in [0.2, 0.25) is 0 Å². The smallest absolute Gasteiger partial charge is 0.191 e. The number of hydrogen-bond acceptors (Lipinski definition) is 3. The lowest BCUT2D eigenvalue weighted by molar-refractivity contribution is 0.375. The maximum absolute atomic E-state index is 5.89. The van der Waals surface area contributed by atoms with Crippen LogP contribution in [0.25, 0.3) is 0 Å². The van der Waals surface area contributed by atoms with Gasteiger partial charge in [0.25, 0.3) is 0 Å². The first-order valence-electron chi connectivity index (χ1n) is 6.06. The molecule has 0 atom stereocenters. The van der Waals surface area contributed by atoms with Crippen molar-refractivity contribution in [2.45, 2.75) is 45.2 Å². The summed E-state index contributed by atoms with van der Waals surface area (Å²) in [5.74, 6) is 1.72. The molecule has 1 heterocycles. The Morgan fingerprint density at radius 3 is 2.78 bits per heavy atom.